The van der Waals surface area contributed by atoms with Crippen molar-refractivity contribution in [3.8, 4) is 0 Å². The SMILES string of the molecule is O=C(O)CC1(NC(=O)COCC(F)(F)F)CCOCC1. The second-order valence-electron chi connectivity index (χ2n) is 4.62. The van der Waals surface area contributed by atoms with Crippen LogP contribution in [0, 0.1) is 0 Å². The lowest BCUT2D eigenvalue weighted by Gasteiger charge is -2.36. The van der Waals surface area contributed by atoms with E-state index in [0.717, 1.165) is 0 Å². The number of halogens is 3. The van der Waals surface area contributed by atoms with Gasteiger partial charge in [0, 0.05) is 13.2 Å². The van der Waals surface area contributed by atoms with Gasteiger partial charge in [0.25, 0.3) is 0 Å². The van der Waals surface area contributed by atoms with Crippen molar-refractivity contribution in [1.29, 1.82) is 0 Å². The number of carboxylic acids is 1. The average Bonchev–Trinajstić information content (AvgIpc) is 2.26. The zero-order chi connectivity index (χ0) is 15.2. The molecule has 1 fully saturated rings. The van der Waals surface area contributed by atoms with Gasteiger partial charge in [-0.25, -0.2) is 0 Å². The molecule has 2 N–H and O–H groups in total. The van der Waals surface area contributed by atoms with E-state index in [9.17, 15) is 22.8 Å². The van der Waals surface area contributed by atoms with E-state index in [-0.39, 0.29) is 19.6 Å². The van der Waals surface area contributed by atoms with Gasteiger partial charge in [0.15, 0.2) is 0 Å². The van der Waals surface area contributed by atoms with Crippen LogP contribution in [0.2, 0.25) is 0 Å². The lowest BCUT2D eigenvalue weighted by Crippen LogP contribution is -2.54. The molecule has 1 rings (SSSR count). The molecular formula is C11H16F3NO5. The van der Waals surface area contributed by atoms with Crippen molar-refractivity contribution >= 4 is 11.9 Å². The minimum atomic E-state index is -4.50. The molecule has 0 aliphatic carbocycles. The van der Waals surface area contributed by atoms with E-state index >= 15 is 0 Å². The fraction of sp³-hybridized carbons (Fsp3) is 0.818. The van der Waals surface area contributed by atoms with Gasteiger partial charge in [-0.1, -0.05) is 0 Å². The number of amides is 1. The molecule has 0 spiro atoms. The Morgan fingerprint density at radius 2 is 1.90 bits per heavy atom. The third-order valence-electron chi connectivity index (χ3n) is 2.84. The first-order valence-electron chi connectivity index (χ1n) is 5.97. The van der Waals surface area contributed by atoms with Gasteiger partial charge in [-0.05, 0) is 12.8 Å². The highest BCUT2D eigenvalue weighted by Crippen LogP contribution is 2.24. The molecular weight excluding hydrogens is 283 g/mol. The van der Waals surface area contributed by atoms with Gasteiger partial charge in [0.05, 0.1) is 12.0 Å². The number of aliphatic carboxylic acids is 1. The Bertz CT molecular complexity index is 352. The van der Waals surface area contributed by atoms with Crippen molar-refractivity contribution in [3.05, 3.63) is 0 Å². The molecule has 0 saturated carbocycles. The largest absolute Gasteiger partial charge is 0.481 e. The number of carbonyl (C=O) groups excluding carboxylic acids is 1. The summed E-state index contributed by atoms with van der Waals surface area (Å²) in [5.41, 5.74) is -0.983. The summed E-state index contributed by atoms with van der Waals surface area (Å²) in [6.07, 6.45) is -4.21. The van der Waals surface area contributed by atoms with Crippen LogP contribution in [0.3, 0.4) is 0 Å². The Balaban J connectivity index is 2.48. The quantitative estimate of drug-likeness (QED) is 0.754. The lowest BCUT2D eigenvalue weighted by molar-refractivity contribution is -0.176. The van der Waals surface area contributed by atoms with E-state index in [1.165, 1.54) is 0 Å². The van der Waals surface area contributed by atoms with Crippen molar-refractivity contribution in [2.45, 2.75) is 31.0 Å². The first-order valence-corrected chi connectivity index (χ1v) is 5.97. The Hall–Kier alpha value is -1.35. The minimum absolute atomic E-state index is 0.289. The molecule has 9 heteroatoms. The Labute approximate surface area is 113 Å². The minimum Gasteiger partial charge on any atom is -0.481 e. The Morgan fingerprint density at radius 1 is 1.30 bits per heavy atom. The molecule has 0 radical (unpaired) electrons. The molecule has 0 bridgehead atoms. The van der Waals surface area contributed by atoms with Gasteiger partial charge in [-0.3, -0.25) is 9.59 Å². The van der Waals surface area contributed by atoms with Crippen LogP contribution in [0.1, 0.15) is 19.3 Å². The van der Waals surface area contributed by atoms with Crippen LogP contribution >= 0.6 is 0 Å². The number of carboxylic acid groups (broad SMARTS) is 1. The molecule has 20 heavy (non-hydrogen) atoms. The summed E-state index contributed by atoms with van der Waals surface area (Å²) in [5.74, 6) is -1.86. The van der Waals surface area contributed by atoms with Crippen LogP contribution in [0.4, 0.5) is 13.2 Å². The van der Waals surface area contributed by atoms with Gasteiger partial charge in [0.1, 0.15) is 13.2 Å². The average molecular weight is 299 g/mol. The molecule has 1 aliphatic rings. The highest BCUT2D eigenvalue weighted by Gasteiger charge is 2.36. The lowest BCUT2D eigenvalue weighted by atomic mass is 9.86. The van der Waals surface area contributed by atoms with E-state index < -0.39 is 36.8 Å². The van der Waals surface area contributed by atoms with Gasteiger partial charge < -0.3 is 19.9 Å². The number of rotatable bonds is 6. The highest BCUT2D eigenvalue weighted by atomic mass is 19.4. The summed E-state index contributed by atoms with van der Waals surface area (Å²) in [5, 5.41) is 11.3. The topological polar surface area (TPSA) is 84.9 Å². The third kappa shape index (κ3) is 6.20. The molecule has 6 nitrogen and oxygen atoms in total. The predicted octanol–water partition coefficient (Wildman–Crippen LogP) is 0.705. The first-order chi connectivity index (χ1) is 9.22. The molecule has 116 valence electrons. The maximum absolute atomic E-state index is 11.9. The number of alkyl halides is 3. The molecule has 1 saturated heterocycles. The normalized spacial score (nSPS) is 18.6. The summed E-state index contributed by atoms with van der Waals surface area (Å²) in [6, 6.07) is 0. The van der Waals surface area contributed by atoms with E-state index in [1.54, 1.807) is 0 Å². The van der Waals surface area contributed by atoms with E-state index in [4.69, 9.17) is 9.84 Å². The van der Waals surface area contributed by atoms with Gasteiger partial charge in [-0.15, -0.1) is 0 Å². The molecule has 0 unspecified atom stereocenters. The number of nitrogens with one attached hydrogen (secondary N) is 1. The van der Waals surface area contributed by atoms with Gasteiger partial charge in [-0.2, -0.15) is 13.2 Å². The molecule has 0 aromatic heterocycles. The predicted molar refractivity (Wildman–Crippen MR) is 60.1 cm³/mol. The summed E-state index contributed by atoms with van der Waals surface area (Å²) in [6.45, 7) is -1.70. The second-order valence-corrected chi connectivity index (χ2v) is 4.62. The maximum Gasteiger partial charge on any atom is 0.411 e. The molecule has 1 heterocycles. The number of carbonyl (C=O) groups is 2. The van der Waals surface area contributed by atoms with E-state index in [0.29, 0.717) is 12.8 Å². The van der Waals surface area contributed by atoms with Crippen molar-refractivity contribution in [2.75, 3.05) is 26.4 Å². The third-order valence-corrected chi connectivity index (χ3v) is 2.84. The summed E-state index contributed by atoms with van der Waals surface area (Å²) >= 11 is 0. The zero-order valence-electron chi connectivity index (χ0n) is 10.7. The fourth-order valence-electron chi connectivity index (χ4n) is 1.99. The number of hydrogen-bond donors (Lipinski definition) is 2. The standard InChI is InChI=1S/C11H16F3NO5/c12-11(13,14)7-20-6-8(16)15-10(5-9(17)18)1-3-19-4-2-10/h1-7H2,(H,15,16)(H,17,18). The molecule has 0 aromatic rings. The Kier molecular flexibility index (Phi) is 5.75. The van der Waals surface area contributed by atoms with E-state index in [1.807, 2.05) is 0 Å². The summed E-state index contributed by atoms with van der Waals surface area (Å²) in [4.78, 5) is 22.4. The molecule has 0 aromatic carbocycles. The maximum atomic E-state index is 11.9. The smallest absolute Gasteiger partial charge is 0.411 e. The van der Waals surface area contributed by atoms with Crippen LogP contribution in [-0.4, -0.2) is 55.1 Å². The van der Waals surface area contributed by atoms with Crippen LogP contribution in [0.5, 0.6) is 0 Å². The molecule has 0 atom stereocenters. The Morgan fingerprint density at radius 3 is 2.40 bits per heavy atom. The second kappa shape index (κ2) is 6.89. The molecule has 1 aliphatic heterocycles. The van der Waals surface area contributed by atoms with Crippen molar-refractivity contribution in [2.24, 2.45) is 0 Å². The van der Waals surface area contributed by atoms with Crippen molar-refractivity contribution in [3.63, 3.8) is 0 Å². The number of hydrogen-bond acceptors (Lipinski definition) is 4. The zero-order valence-corrected chi connectivity index (χ0v) is 10.7. The van der Waals surface area contributed by atoms with E-state index in [2.05, 4.69) is 10.1 Å². The van der Waals surface area contributed by atoms with Crippen LogP contribution in [-0.2, 0) is 19.1 Å². The van der Waals surface area contributed by atoms with Crippen molar-refractivity contribution in [1.82, 2.24) is 5.32 Å². The highest BCUT2D eigenvalue weighted by molar-refractivity contribution is 5.79. The van der Waals surface area contributed by atoms with Gasteiger partial charge in [0.2, 0.25) is 5.91 Å². The van der Waals surface area contributed by atoms with Crippen LogP contribution in [0.25, 0.3) is 0 Å². The van der Waals surface area contributed by atoms with Crippen LogP contribution in [0.15, 0.2) is 0 Å². The monoisotopic (exact) mass is 299 g/mol. The first kappa shape index (κ1) is 16.7. The van der Waals surface area contributed by atoms with Crippen LogP contribution < -0.4 is 5.32 Å². The number of ether oxygens (including phenoxy) is 2. The van der Waals surface area contributed by atoms with Gasteiger partial charge >= 0.3 is 12.1 Å². The summed E-state index contributed by atoms with van der Waals surface area (Å²) < 4.78 is 44.9. The fourth-order valence-corrected chi connectivity index (χ4v) is 1.99. The molecule has 1 amide bonds. The van der Waals surface area contributed by atoms with Crippen molar-refractivity contribution < 1.29 is 37.3 Å². The summed E-state index contributed by atoms with van der Waals surface area (Å²) in [7, 11) is 0.